The van der Waals surface area contributed by atoms with E-state index in [1.165, 1.54) is 11.1 Å². The van der Waals surface area contributed by atoms with Crippen LogP contribution in [0.2, 0.25) is 0 Å². The summed E-state index contributed by atoms with van der Waals surface area (Å²) in [5, 5.41) is 62.8. The maximum Gasteiger partial charge on any atom is 0.112 e. The van der Waals surface area contributed by atoms with Gasteiger partial charge in [-0.25, -0.2) is 0 Å². The number of aliphatic hydroxyl groups excluding tert-OH is 5. The first-order valence-electron chi connectivity index (χ1n) is 12.7. The Morgan fingerprint density at radius 2 is 1.08 bits per heavy atom. The summed E-state index contributed by atoms with van der Waals surface area (Å²) in [7, 11) is 0. The van der Waals surface area contributed by atoms with Crippen LogP contribution in [0.5, 0.6) is 0 Å². The fraction of sp³-hybridized carbons (Fsp3) is 0.467. The lowest BCUT2D eigenvalue weighted by Gasteiger charge is -2.43. The molecule has 6 N–H and O–H groups in total. The van der Waals surface area contributed by atoms with E-state index in [4.69, 9.17) is 5.11 Å². The van der Waals surface area contributed by atoms with Gasteiger partial charge in [-0.2, -0.15) is 0 Å². The molecule has 2 aromatic rings. The van der Waals surface area contributed by atoms with Crippen molar-refractivity contribution < 1.29 is 30.6 Å². The molecule has 2 aromatic carbocycles. The van der Waals surface area contributed by atoms with Gasteiger partial charge in [0.15, 0.2) is 0 Å². The minimum absolute atomic E-state index is 0.659. The summed E-state index contributed by atoms with van der Waals surface area (Å²) in [6.07, 6.45) is 1.83. The van der Waals surface area contributed by atoms with Gasteiger partial charge in [0.05, 0.1) is 6.61 Å². The Morgan fingerprint density at radius 1 is 0.694 bits per heavy atom. The smallest absolute Gasteiger partial charge is 0.112 e. The van der Waals surface area contributed by atoms with Gasteiger partial charge in [0.25, 0.3) is 0 Å². The second kappa shape index (κ2) is 13.8. The quantitative estimate of drug-likeness (QED) is 0.253. The fourth-order valence-electron chi connectivity index (χ4n) is 4.30. The molecule has 2 rings (SSSR count). The molecule has 6 atom stereocenters. The maximum absolute atomic E-state index is 11.8. The fourth-order valence-corrected chi connectivity index (χ4v) is 4.30. The van der Waals surface area contributed by atoms with Crippen LogP contribution in [0.3, 0.4) is 0 Å². The molecule has 6 heteroatoms. The first-order valence-corrected chi connectivity index (χ1v) is 12.7. The van der Waals surface area contributed by atoms with Gasteiger partial charge in [-0.1, -0.05) is 101 Å². The van der Waals surface area contributed by atoms with Crippen LogP contribution < -0.4 is 0 Å². The van der Waals surface area contributed by atoms with Crippen molar-refractivity contribution in [1.29, 1.82) is 0 Å². The molecule has 0 heterocycles. The van der Waals surface area contributed by atoms with Gasteiger partial charge >= 0.3 is 0 Å². The molecule has 198 valence electrons. The lowest BCUT2D eigenvalue weighted by Crippen LogP contribution is -2.60. The third-order valence-electron chi connectivity index (χ3n) is 7.12. The van der Waals surface area contributed by atoms with E-state index < -0.39 is 48.5 Å². The average Bonchev–Trinajstić information content (AvgIpc) is 2.92. The molecule has 36 heavy (non-hydrogen) atoms. The second-order valence-electron chi connectivity index (χ2n) is 9.55. The number of benzene rings is 2. The van der Waals surface area contributed by atoms with Gasteiger partial charge < -0.3 is 30.6 Å². The summed E-state index contributed by atoms with van der Waals surface area (Å²) in [5.41, 5.74) is 2.35. The van der Waals surface area contributed by atoms with E-state index in [2.05, 4.69) is 13.8 Å². The molecule has 0 saturated carbocycles. The third kappa shape index (κ3) is 7.35. The Balaban J connectivity index is 2.37. The van der Waals surface area contributed by atoms with Gasteiger partial charge in [0, 0.05) is 11.8 Å². The van der Waals surface area contributed by atoms with Crippen molar-refractivity contribution in [1.82, 2.24) is 0 Å². The highest BCUT2D eigenvalue weighted by molar-refractivity contribution is 5.52. The molecule has 0 aliphatic rings. The van der Waals surface area contributed by atoms with E-state index >= 15 is 0 Å². The van der Waals surface area contributed by atoms with Crippen molar-refractivity contribution in [3.8, 4) is 0 Å². The normalized spacial score (nSPS) is 19.1. The molecule has 0 amide bonds. The van der Waals surface area contributed by atoms with Crippen LogP contribution in [-0.4, -0.2) is 67.3 Å². The van der Waals surface area contributed by atoms with Crippen LogP contribution in [0, 0.1) is 11.8 Å². The highest BCUT2D eigenvalue weighted by Gasteiger charge is 2.49. The first-order chi connectivity index (χ1) is 17.1. The van der Waals surface area contributed by atoms with Crippen molar-refractivity contribution in [3.05, 3.63) is 82.9 Å². The topological polar surface area (TPSA) is 121 Å². The Bertz CT molecular complexity index is 902. The Labute approximate surface area is 214 Å². The van der Waals surface area contributed by atoms with Gasteiger partial charge in [-0.3, -0.25) is 0 Å². The molecule has 0 aliphatic heterocycles. The molecule has 6 nitrogen and oxygen atoms in total. The van der Waals surface area contributed by atoms with E-state index in [-0.39, 0.29) is 0 Å². The van der Waals surface area contributed by atoms with E-state index in [1.54, 1.807) is 26.0 Å². The molecular formula is C30H42O6. The van der Waals surface area contributed by atoms with Crippen molar-refractivity contribution in [3.63, 3.8) is 0 Å². The van der Waals surface area contributed by atoms with Crippen molar-refractivity contribution in [2.45, 2.75) is 70.6 Å². The van der Waals surface area contributed by atoms with Crippen LogP contribution in [-0.2, 0) is 12.8 Å². The first kappa shape index (κ1) is 29.9. The summed E-state index contributed by atoms with van der Waals surface area (Å²) in [6, 6.07) is 16.0. The van der Waals surface area contributed by atoms with Gasteiger partial charge in [-0.05, 0) is 35.1 Å². The predicted molar refractivity (Wildman–Crippen MR) is 144 cm³/mol. The number of aliphatic hydroxyl groups is 6. The predicted octanol–water partition coefficient (Wildman–Crippen LogP) is 2.98. The number of hydrogen-bond acceptors (Lipinski definition) is 6. The van der Waals surface area contributed by atoms with Gasteiger partial charge in [0.2, 0.25) is 0 Å². The van der Waals surface area contributed by atoms with E-state index in [9.17, 15) is 25.5 Å². The average molecular weight is 499 g/mol. The monoisotopic (exact) mass is 498 g/mol. The molecule has 0 spiro atoms. The molecule has 0 aromatic heterocycles. The van der Waals surface area contributed by atoms with Crippen LogP contribution in [0.15, 0.2) is 60.7 Å². The zero-order chi connectivity index (χ0) is 26.9. The Kier molecular flexibility index (Phi) is 11.5. The molecule has 2 unspecified atom stereocenters. The lowest BCUT2D eigenvalue weighted by molar-refractivity contribution is -0.194. The third-order valence-corrected chi connectivity index (χ3v) is 7.12. The van der Waals surface area contributed by atoms with Crippen LogP contribution in [0.4, 0.5) is 0 Å². The standard InChI is InChI=1S/C30H42O6/c1-5-22-11-15-24(16-12-22)9-7-20(3)30(36,29(35)28(34)27(33)26(32)19-31)21(4)8-10-25-17-13-23(6-2)14-18-25/h7-18,20-21,26-29,31-36H,5-6,19H2,1-4H3/t20?,21?,26-,27-,28+,29-,30?/m1/s1. The summed E-state index contributed by atoms with van der Waals surface area (Å²) in [6.45, 7) is 6.81. The molecule has 0 fully saturated rings. The zero-order valence-electron chi connectivity index (χ0n) is 21.7. The lowest BCUT2D eigenvalue weighted by atomic mass is 9.71. The Hall–Kier alpha value is -2.32. The van der Waals surface area contributed by atoms with Crippen molar-refractivity contribution >= 4 is 12.2 Å². The number of hydrogen-bond donors (Lipinski definition) is 6. The van der Waals surface area contributed by atoms with Gasteiger partial charge in [0.1, 0.15) is 30.0 Å². The number of rotatable bonds is 13. The SMILES string of the molecule is CCc1ccc(C=CC(C)C(O)(C(C)C=Cc2ccc(CC)cc2)[C@H](O)[C@@H](O)[C@H](O)[C@H](O)CO)cc1. The maximum atomic E-state index is 11.8. The van der Waals surface area contributed by atoms with Crippen LogP contribution >= 0.6 is 0 Å². The van der Waals surface area contributed by atoms with E-state index in [0.717, 1.165) is 24.0 Å². The highest BCUT2D eigenvalue weighted by atomic mass is 16.4. The molecule has 0 aliphatic carbocycles. The molecule has 0 bridgehead atoms. The number of aryl methyl sites for hydroxylation is 2. The molecular weight excluding hydrogens is 456 g/mol. The van der Waals surface area contributed by atoms with Crippen LogP contribution in [0.1, 0.15) is 49.9 Å². The van der Waals surface area contributed by atoms with Crippen LogP contribution in [0.25, 0.3) is 12.2 Å². The van der Waals surface area contributed by atoms with Crippen molar-refractivity contribution in [2.75, 3.05) is 6.61 Å². The molecule has 0 radical (unpaired) electrons. The second-order valence-corrected chi connectivity index (χ2v) is 9.55. The van der Waals surface area contributed by atoms with Crippen molar-refractivity contribution in [2.24, 2.45) is 11.8 Å². The van der Waals surface area contributed by atoms with Gasteiger partial charge in [-0.15, -0.1) is 0 Å². The van der Waals surface area contributed by atoms with E-state index in [0.29, 0.717) is 0 Å². The summed E-state index contributed by atoms with van der Waals surface area (Å²) in [4.78, 5) is 0. The minimum Gasteiger partial charge on any atom is -0.394 e. The minimum atomic E-state index is -1.91. The largest absolute Gasteiger partial charge is 0.394 e. The summed E-state index contributed by atoms with van der Waals surface area (Å²) < 4.78 is 0. The zero-order valence-corrected chi connectivity index (χ0v) is 21.7. The highest BCUT2D eigenvalue weighted by Crippen LogP contribution is 2.35. The Morgan fingerprint density at radius 3 is 1.42 bits per heavy atom. The summed E-state index contributed by atoms with van der Waals surface area (Å²) in [5.74, 6) is -1.32. The van der Waals surface area contributed by atoms with E-state index in [1.807, 2.05) is 60.7 Å². The summed E-state index contributed by atoms with van der Waals surface area (Å²) >= 11 is 0. The molecule has 0 saturated heterocycles.